The summed E-state index contributed by atoms with van der Waals surface area (Å²) in [6, 6.07) is 5.45. The van der Waals surface area contributed by atoms with Crippen LogP contribution in [0.3, 0.4) is 0 Å². The second kappa shape index (κ2) is 4.49. The molecule has 0 heterocycles. The van der Waals surface area contributed by atoms with Gasteiger partial charge in [-0.2, -0.15) is 0 Å². The number of carbonyl (C=O) groups is 1. The zero-order valence-electron chi connectivity index (χ0n) is 9.30. The number of benzene rings is 1. The van der Waals surface area contributed by atoms with Gasteiger partial charge in [-0.05, 0) is 37.1 Å². The molecule has 0 amide bonds. The fourth-order valence-electron chi connectivity index (χ4n) is 2.18. The Morgan fingerprint density at radius 2 is 1.65 bits per heavy atom. The molecule has 0 atom stereocenters. The van der Waals surface area contributed by atoms with Gasteiger partial charge in [0.25, 0.3) is 0 Å². The standard InChI is InChI=1S/C12H14O4S/c13-12(14)9-5-7-11(8-6-9)17(15,16)10-3-1-2-4-10/h5-8,10H,1-4H2,(H,13,14). The quantitative estimate of drug-likeness (QED) is 0.896. The van der Waals surface area contributed by atoms with Crippen LogP contribution in [0.25, 0.3) is 0 Å². The van der Waals surface area contributed by atoms with Crippen LogP contribution in [0.2, 0.25) is 0 Å². The van der Waals surface area contributed by atoms with Gasteiger partial charge in [0.1, 0.15) is 0 Å². The molecule has 4 nitrogen and oxygen atoms in total. The summed E-state index contributed by atoms with van der Waals surface area (Å²) in [6.45, 7) is 0. The minimum atomic E-state index is -3.27. The highest BCUT2D eigenvalue weighted by molar-refractivity contribution is 7.92. The molecule has 1 aliphatic rings. The van der Waals surface area contributed by atoms with Crippen molar-refractivity contribution in [1.82, 2.24) is 0 Å². The molecule has 1 saturated carbocycles. The molecule has 0 spiro atoms. The largest absolute Gasteiger partial charge is 0.478 e. The van der Waals surface area contributed by atoms with Crippen LogP contribution in [0.4, 0.5) is 0 Å². The van der Waals surface area contributed by atoms with Crippen LogP contribution in [-0.2, 0) is 9.84 Å². The Hall–Kier alpha value is -1.36. The number of sulfone groups is 1. The highest BCUT2D eigenvalue weighted by Crippen LogP contribution is 2.29. The molecule has 1 fully saturated rings. The summed E-state index contributed by atoms with van der Waals surface area (Å²) in [6.07, 6.45) is 3.33. The van der Waals surface area contributed by atoms with Gasteiger partial charge in [0, 0.05) is 0 Å². The smallest absolute Gasteiger partial charge is 0.335 e. The lowest BCUT2D eigenvalue weighted by atomic mass is 10.2. The molecule has 0 saturated heterocycles. The van der Waals surface area contributed by atoms with Crippen molar-refractivity contribution < 1.29 is 18.3 Å². The summed E-state index contributed by atoms with van der Waals surface area (Å²) in [5.41, 5.74) is 0.107. The van der Waals surface area contributed by atoms with Crippen LogP contribution >= 0.6 is 0 Å². The van der Waals surface area contributed by atoms with E-state index in [4.69, 9.17) is 5.11 Å². The van der Waals surface area contributed by atoms with Crippen molar-refractivity contribution in [3.05, 3.63) is 29.8 Å². The first kappa shape index (κ1) is 12.1. The number of aromatic carboxylic acids is 1. The summed E-state index contributed by atoms with van der Waals surface area (Å²) < 4.78 is 24.3. The summed E-state index contributed by atoms with van der Waals surface area (Å²) >= 11 is 0. The van der Waals surface area contributed by atoms with Gasteiger partial charge >= 0.3 is 5.97 Å². The predicted octanol–water partition coefficient (Wildman–Crippen LogP) is 2.10. The molecule has 2 rings (SSSR count). The molecule has 0 aromatic heterocycles. The van der Waals surface area contributed by atoms with E-state index in [1.807, 2.05) is 0 Å². The maximum atomic E-state index is 12.2. The van der Waals surface area contributed by atoms with Crippen molar-refractivity contribution in [3.63, 3.8) is 0 Å². The fourth-order valence-corrected chi connectivity index (χ4v) is 4.03. The summed E-state index contributed by atoms with van der Waals surface area (Å²) in [7, 11) is -3.27. The molecule has 1 N–H and O–H groups in total. The van der Waals surface area contributed by atoms with Crippen LogP contribution in [0, 0.1) is 0 Å². The SMILES string of the molecule is O=C(O)c1ccc(S(=O)(=O)C2CCCC2)cc1. The average molecular weight is 254 g/mol. The third-order valence-corrected chi connectivity index (χ3v) is 5.45. The molecule has 1 aromatic carbocycles. The van der Waals surface area contributed by atoms with E-state index in [-0.39, 0.29) is 15.7 Å². The number of rotatable bonds is 3. The van der Waals surface area contributed by atoms with E-state index in [9.17, 15) is 13.2 Å². The van der Waals surface area contributed by atoms with Crippen LogP contribution < -0.4 is 0 Å². The zero-order valence-corrected chi connectivity index (χ0v) is 10.1. The molecular formula is C12H14O4S. The number of carboxylic acid groups (broad SMARTS) is 1. The van der Waals surface area contributed by atoms with Gasteiger partial charge in [0.2, 0.25) is 0 Å². The van der Waals surface area contributed by atoms with E-state index >= 15 is 0 Å². The van der Waals surface area contributed by atoms with Gasteiger partial charge in [-0.3, -0.25) is 0 Å². The van der Waals surface area contributed by atoms with Crippen LogP contribution in [-0.4, -0.2) is 24.7 Å². The lowest BCUT2D eigenvalue weighted by Crippen LogP contribution is -2.17. The Balaban J connectivity index is 2.30. The van der Waals surface area contributed by atoms with Gasteiger partial charge in [0.05, 0.1) is 15.7 Å². The molecule has 92 valence electrons. The number of carboxylic acids is 1. The van der Waals surface area contributed by atoms with Crippen molar-refractivity contribution in [3.8, 4) is 0 Å². The Bertz CT molecular complexity index is 510. The summed E-state index contributed by atoms with van der Waals surface area (Å²) in [5.74, 6) is -1.05. The lowest BCUT2D eigenvalue weighted by Gasteiger charge is -2.10. The van der Waals surface area contributed by atoms with E-state index in [1.165, 1.54) is 24.3 Å². The molecular weight excluding hydrogens is 240 g/mol. The van der Waals surface area contributed by atoms with Crippen LogP contribution in [0.15, 0.2) is 29.2 Å². The highest BCUT2D eigenvalue weighted by Gasteiger charge is 2.30. The molecule has 0 unspecified atom stereocenters. The van der Waals surface area contributed by atoms with E-state index in [0.717, 1.165) is 12.8 Å². The maximum Gasteiger partial charge on any atom is 0.335 e. The fraction of sp³-hybridized carbons (Fsp3) is 0.417. The minimum absolute atomic E-state index is 0.107. The molecule has 0 aliphatic heterocycles. The van der Waals surface area contributed by atoms with Crippen molar-refractivity contribution >= 4 is 15.8 Å². The molecule has 17 heavy (non-hydrogen) atoms. The second-order valence-corrected chi connectivity index (χ2v) is 6.51. The Labute approximate surface area is 100 Å². The van der Waals surface area contributed by atoms with Crippen molar-refractivity contribution in [2.24, 2.45) is 0 Å². The zero-order chi connectivity index (χ0) is 12.5. The van der Waals surface area contributed by atoms with E-state index in [1.54, 1.807) is 0 Å². The molecule has 1 aliphatic carbocycles. The minimum Gasteiger partial charge on any atom is -0.478 e. The Kier molecular flexibility index (Phi) is 3.19. The van der Waals surface area contributed by atoms with E-state index in [2.05, 4.69) is 0 Å². The topological polar surface area (TPSA) is 71.4 Å². The van der Waals surface area contributed by atoms with Crippen LogP contribution in [0.5, 0.6) is 0 Å². The van der Waals surface area contributed by atoms with Gasteiger partial charge in [-0.25, -0.2) is 13.2 Å². The van der Waals surface area contributed by atoms with Crippen molar-refractivity contribution in [2.45, 2.75) is 35.8 Å². The number of hydrogen-bond acceptors (Lipinski definition) is 3. The molecule has 0 bridgehead atoms. The Morgan fingerprint density at radius 3 is 2.12 bits per heavy atom. The highest BCUT2D eigenvalue weighted by atomic mass is 32.2. The summed E-state index contributed by atoms with van der Waals surface area (Å²) in [5, 5.41) is 8.45. The van der Waals surface area contributed by atoms with Crippen molar-refractivity contribution in [1.29, 1.82) is 0 Å². The third-order valence-electron chi connectivity index (χ3n) is 3.17. The van der Waals surface area contributed by atoms with Crippen LogP contribution in [0.1, 0.15) is 36.0 Å². The van der Waals surface area contributed by atoms with E-state index < -0.39 is 15.8 Å². The number of hydrogen-bond donors (Lipinski definition) is 1. The lowest BCUT2D eigenvalue weighted by molar-refractivity contribution is 0.0697. The van der Waals surface area contributed by atoms with Gasteiger partial charge in [-0.1, -0.05) is 12.8 Å². The van der Waals surface area contributed by atoms with Gasteiger partial charge in [-0.15, -0.1) is 0 Å². The first-order valence-corrected chi connectivity index (χ1v) is 7.14. The average Bonchev–Trinajstić information content (AvgIpc) is 2.83. The third kappa shape index (κ3) is 2.34. The molecule has 5 heteroatoms. The monoisotopic (exact) mass is 254 g/mol. The first-order valence-electron chi connectivity index (χ1n) is 5.59. The maximum absolute atomic E-state index is 12.2. The normalized spacial score (nSPS) is 17.2. The second-order valence-electron chi connectivity index (χ2n) is 4.28. The van der Waals surface area contributed by atoms with Gasteiger partial charge in [0.15, 0.2) is 9.84 Å². The molecule has 0 radical (unpaired) electrons. The van der Waals surface area contributed by atoms with E-state index in [0.29, 0.717) is 12.8 Å². The van der Waals surface area contributed by atoms with Gasteiger partial charge < -0.3 is 5.11 Å². The molecule has 1 aromatic rings. The van der Waals surface area contributed by atoms with Crippen molar-refractivity contribution in [2.75, 3.05) is 0 Å². The Morgan fingerprint density at radius 1 is 1.12 bits per heavy atom. The summed E-state index contributed by atoms with van der Waals surface area (Å²) in [4.78, 5) is 10.9. The first-order chi connectivity index (χ1) is 8.01. The predicted molar refractivity (Wildman–Crippen MR) is 62.8 cm³/mol.